The van der Waals surface area contributed by atoms with Gasteiger partial charge in [-0.25, -0.2) is 4.98 Å². The highest BCUT2D eigenvalue weighted by atomic mass is 35.5. The number of aryl methyl sites for hydroxylation is 1. The van der Waals surface area contributed by atoms with Gasteiger partial charge in [0.1, 0.15) is 5.15 Å². The molecule has 0 aromatic carbocycles. The quantitative estimate of drug-likeness (QED) is 0.823. The zero-order chi connectivity index (χ0) is 11.5. The van der Waals surface area contributed by atoms with E-state index >= 15 is 0 Å². The van der Waals surface area contributed by atoms with Crippen LogP contribution in [-0.4, -0.2) is 9.97 Å². The Morgan fingerprint density at radius 3 is 2.88 bits per heavy atom. The van der Waals surface area contributed by atoms with Gasteiger partial charge >= 0.3 is 0 Å². The van der Waals surface area contributed by atoms with E-state index in [1.807, 2.05) is 25.4 Å². The number of hydrogen-bond donors (Lipinski definition) is 2. The summed E-state index contributed by atoms with van der Waals surface area (Å²) in [6, 6.07) is 3.78. The zero-order valence-electron chi connectivity index (χ0n) is 8.72. The Kier molecular flexibility index (Phi) is 3.36. The minimum atomic E-state index is 0.403. The molecule has 5 heteroatoms. The van der Waals surface area contributed by atoms with Gasteiger partial charge in [0.25, 0.3) is 0 Å². The topological polar surface area (TPSA) is 40.7 Å². The number of H-pyrrole nitrogens is 1. The molecule has 0 aliphatic rings. The summed E-state index contributed by atoms with van der Waals surface area (Å²) in [7, 11) is 0. The summed E-state index contributed by atoms with van der Waals surface area (Å²) < 4.78 is 0. The third-order valence-electron chi connectivity index (χ3n) is 2.27. The normalized spacial score (nSPS) is 10.4. The maximum absolute atomic E-state index is 6.01. The zero-order valence-corrected chi connectivity index (χ0v) is 10.2. The fourth-order valence-corrected chi connectivity index (χ4v) is 2.07. The number of pyridine rings is 1. The van der Waals surface area contributed by atoms with Gasteiger partial charge in [0.05, 0.1) is 5.69 Å². The van der Waals surface area contributed by atoms with E-state index in [0.29, 0.717) is 16.9 Å². The number of hydrogen-bond acceptors (Lipinski definition) is 2. The molecule has 0 spiro atoms. The molecular weight excluding hydrogens is 245 g/mol. The van der Waals surface area contributed by atoms with E-state index in [9.17, 15) is 0 Å². The van der Waals surface area contributed by atoms with Crippen LogP contribution in [0.15, 0.2) is 24.5 Å². The van der Waals surface area contributed by atoms with Crippen LogP contribution in [0.4, 0.5) is 5.69 Å². The highest BCUT2D eigenvalue weighted by molar-refractivity contribution is 6.34. The lowest BCUT2D eigenvalue weighted by atomic mass is 10.2. The molecule has 0 saturated heterocycles. The van der Waals surface area contributed by atoms with E-state index in [-0.39, 0.29) is 0 Å². The van der Waals surface area contributed by atoms with Crippen molar-refractivity contribution in [1.82, 2.24) is 9.97 Å². The number of aromatic amines is 1. The first-order chi connectivity index (χ1) is 7.66. The van der Waals surface area contributed by atoms with Crippen LogP contribution >= 0.6 is 23.2 Å². The number of aromatic nitrogens is 2. The first-order valence-corrected chi connectivity index (χ1v) is 5.60. The SMILES string of the molecule is Cc1cc(Cl)nc(Cl)c1NCc1cc[nH]c1. The summed E-state index contributed by atoms with van der Waals surface area (Å²) in [5.74, 6) is 0. The Labute approximate surface area is 104 Å². The molecule has 0 saturated carbocycles. The molecule has 2 heterocycles. The van der Waals surface area contributed by atoms with Gasteiger partial charge in [-0.3, -0.25) is 0 Å². The molecule has 0 unspecified atom stereocenters. The van der Waals surface area contributed by atoms with Crippen molar-refractivity contribution in [2.75, 3.05) is 5.32 Å². The van der Waals surface area contributed by atoms with Crippen molar-refractivity contribution in [1.29, 1.82) is 0 Å². The van der Waals surface area contributed by atoms with Crippen LogP contribution in [0, 0.1) is 6.92 Å². The van der Waals surface area contributed by atoms with E-state index < -0.39 is 0 Å². The van der Waals surface area contributed by atoms with Crippen LogP contribution in [0.2, 0.25) is 10.3 Å². The van der Waals surface area contributed by atoms with Gasteiger partial charge < -0.3 is 10.3 Å². The van der Waals surface area contributed by atoms with Gasteiger partial charge in [0.15, 0.2) is 5.15 Å². The van der Waals surface area contributed by atoms with Crippen molar-refractivity contribution in [3.63, 3.8) is 0 Å². The smallest absolute Gasteiger partial charge is 0.154 e. The summed E-state index contributed by atoms with van der Waals surface area (Å²) in [5.41, 5.74) is 2.97. The second-order valence-electron chi connectivity index (χ2n) is 3.50. The molecular formula is C11H11Cl2N3. The molecule has 2 aromatic heterocycles. The fourth-order valence-electron chi connectivity index (χ4n) is 1.47. The number of nitrogens with zero attached hydrogens (tertiary/aromatic N) is 1. The van der Waals surface area contributed by atoms with Crippen LogP contribution in [0.1, 0.15) is 11.1 Å². The van der Waals surface area contributed by atoms with Crippen molar-refractivity contribution in [2.45, 2.75) is 13.5 Å². The number of nitrogens with one attached hydrogen (secondary N) is 2. The Bertz CT molecular complexity index is 457. The summed E-state index contributed by atoms with van der Waals surface area (Å²) in [6.07, 6.45) is 3.81. The lowest BCUT2D eigenvalue weighted by Gasteiger charge is -2.10. The van der Waals surface area contributed by atoms with Crippen LogP contribution < -0.4 is 5.32 Å². The minimum Gasteiger partial charge on any atom is -0.378 e. The van der Waals surface area contributed by atoms with Gasteiger partial charge in [0.2, 0.25) is 0 Å². The predicted octanol–water partition coefficient (Wildman–Crippen LogP) is 3.64. The Balaban J connectivity index is 2.15. The molecule has 0 atom stereocenters. The second-order valence-corrected chi connectivity index (χ2v) is 4.25. The summed E-state index contributed by atoms with van der Waals surface area (Å²) in [4.78, 5) is 6.99. The number of anilines is 1. The Morgan fingerprint density at radius 1 is 1.44 bits per heavy atom. The van der Waals surface area contributed by atoms with E-state index in [0.717, 1.165) is 16.8 Å². The molecule has 3 nitrogen and oxygen atoms in total. The highest BCUT2D eigenvalue weighted by Gasteiger charge is 2.07. The summed E-state index contributed by atoms with van der Waals surface area (Å²) >= 11 is 11.8. The first-order valence-electron chi connectivity index (χ1n) is 4.85. The monoisotopic (exact) mass is 255 g/mol. The maximum Gasteiger partial charge on any atom is 0.154 e. The van der Waals surface area contributed by atoms with Crippen LogP contribution in [-0.2, 0) is 6.54 Å². The lowest BCUT2D eigenvalue weighted by Crippen LogP contribution is -2.02. The minimum absolute atomic E-state index is 0.403. The third-order valence-corrected chi connectivity index (χ3v) is 2.74. The summed E-state index contributed by atoms with van der Waals surface area (Å²) in [6.45, 7) is 2.65. The standard InChI is InChI=1S/C11H11Cl2N3/c1-7-4-9(12)16-11(13)10(7)15-6-8-2-3-14-5-8/h2-5,14-15H,6H2,1H3. The second kappa shape index (κ2) is 4.76. The molecule has 2 aromatic rings. The molecule has 2 rings (SSSR count). The van der Waals surface area contributed by atoms with Crippen LogP contribution in [0.5, 0.6) is 0 Å². The van der Waals surface area contributed by atoms with Crippen LogP contribution in [0.25, 0.3) is 0 Å². The molecule has 0 radical (unpaired) electrons. The molecule has 0 fully saturated rings. The largest absolute Gasteiger partial charge is 0.378 e. The van der Waals surface area contributed by atoms with E-state index in [1.54, 1.807) is 6.07 Å². The fraction of sp³-hybridized carbons (Fsp3) is 0.182. The lowest BCUT2D eigenvalue weighted by molar-refractivity contribution is 1.13. The van der Waals surface area contributed by atoms with Gasteiger partial charge in [-0.15, -0.1) is 0 Å². The van der Waals surface area contributed by atoms with Crippen molar-refractivity contribution >= 4 is 28.9 Å². The third kappa shape index (κ3) is 2.49. The van der Waals surface area contributed by atoms with E-state index in [4.69, 9.17) is 23.2 Å². The van der Waals surface area contributed by atoms with Crippen molar-refractivity contribution in [3.8, 4) is 0 Å². The van der Waals surface area contributed by atoms with E-state index in [1.165, 1.54) is 0 Å². The van der Waals surface area contributed by atoms with Crippen LogP contribution in [0.3, 0.4) is 0 Å². The van der Waals surface area contributed by atoms with Gasteiger partial charge in [0, 0.05) is 18.9 Å². The molecule has 0 bridgehead atoms. The number of halogens is 2. The highest BCUT2D eigenvalue weighted by Crippen LogP contribution is 2.26. The van der Waals surface area contributed by atoms with Crippen molar-refractivity contribution in [2.24, 2.45) is 0 Å². The van der Waals surface area contributed by atoms with Gasteiger partial charge in [-0.05, 0) is 30.2 Å². The molecule has 0 amide bonds. The van der Waals surface area contributed by atoms with Crippen molar-refractivity contribution in [3.05, 3.63) is 46.0 Å². The number of rotatable bonds is 3. The molecule has 16 heavy (non-hydrogen) atoms. The first kappa shape index (κ1) is 11.3. The van der Waals surface area contributed by atoms with Gasteiger partial charge in [-0.1, -0.05) is 23.2 Å². The van der Waals surface area contributed by atoms with Crippen molar-refractivity contribution < 1.29 is 0 Å². The van der Waals surface area contributed by atoms with Gasteiger partial charge in [-0.2, -0.15) is 0 Å². The molecule has 0 aliphatic carbocycles. The maximum atomic E-state index is 6.01. The Hall–Kier alpha value is -1.19. The predicted molar refractivity (Wildman–Crippen MR) is 67.1 cm³/mol. The molecule has 0 aliphatic heterocycles. The molecule has 84 valence electrons. The van der Waals surface area contributed by atoms with E-state index in [2.05, 4.69) is 15.3 Å². The Morgan fingerprint density at radius 2 is 2.25 bits per heavy atom. The molecule has 2 N–H and O–H groups in total. The summed E-state index contributed by atoms with van der Waals surface area (Å²) in [5, 5.41) is 4.05. The average Bonchev–Trinajstić information content (AvgIpc) is 2.68. The average molecular weight is 256 g/mol.